The number of carbonyl (C=O) groups excluding carboxylic acids is 2. The number of carboxylic acids is 6. The monoisotopic (exact) mass is 1290 g/mol. The molecule has 18 nitrogen and oxygen atoms in total. The first kappa shape index (κ1) is 71.8. The Balaban J connectivity index is 0.000000201. The van der Waals surface area contributed by atoms with Crippen LogP contribution in [0.4, 0.5) is 0 Å². The lowest BCUT2D eigenvalue weighted by molar-refractivity contribution is -0.142. The second-order valence-electron chi connectivity index (χ2n) is 20.2. The van der Waals surface area contributed by atoms with Crippen molar-refractivity contribution in [1.82, 2.24) is 10.2 Å². The number of aromatic nitrogens is 2. The van der Waals surface area contributed by atoms with Crippen molar-refractivity contribution >= 4 is 109 Å². The molecule has 0 bridgehead atoms. The third-order valence-corrected chi connectivity index (χ3v) is 15.1. The lowest BCUT2D eigenvalue weighted by Gasteiger charge is -2.17. The Morgan fingerprint density at radius 1 is 0.582 bits per heavy atom. The van der Waals surface area contributed by atoms with Gasteiger partial charge in [-0.3, -0.25) is 29.1 Å². The van der Waals surface area contributed by atoms with Crippen LogP contribution in [0.5, 0.6) is 11.5 Å². The third-order valence-electron chi connectivity index (χ3n) is 13.6. The normalized spacial score (nSPS) is 11.2. The number of nitrogens with one attached hydrogen (secondary N) is 1. The zero-order valence-electron chi connectivity index (χ0n) is 50.0. The largest absolute Gasteiger partial charge is 0.493 e. The van der Waals surface area contributed by atoms with E-state index >= 15 is 0 Å². The summed E-state index contributed by atoms with van der Waals surface area (Å²) >= 11 is 13.0. The number of hydrogen-bond acceptors (Lipinski definition) is 12. The van der Waals surface area contributed by atoms with Crippen LogP contribution in [0.25, 0.3) is 27.1 Å². The highest BCUT2D eigenvalue weighted by atomic mass is 35.5. The van der Waals surface area contributed by atoms with Gasteiger partial charge in [0.15, 0.2) is 28.8 Å². The molecule has 10 rings (SSSR count). The van der Waals surface area contributed by atoms with Crippen LogP contribution in [0.2, 0.25) is 10.0 Å². The van der Waals surface area contributed by atoms with E-state index in [1.807, 2.05) is 66.9 Å². The number of para-hydroxylation sites is 1. The Hall–Kier alpha value is -9.95. The average Bonchev–Trinajstić information content (AvgIpc) is 1.95. The van der Waals surface area contributed by atoms with Crippen molar-refractivity contribution in [3.63, 3.8) is 0 Å². The summed E-state index contributed by atoms with van der Waals surface area (Å²) in [6.07, 6.45) is 11.4. The lowest BCUT2D eigenvalue weighted by atomic mass is 9.83. The van der Waals surface area contributed by atoms with Gasteiger partial charge in [0.2, 0.25) is 0 Å². The number of unbranched alkanes of at least 4 members (excludes halogenated alkanes) is 4. The number of thiophene rings is 1. The van der Waals surface area contributed by atoms with Gasteiger partial charge in [0, 0.05) is 48.5 Å². The first-order chi connectivity index (χ1) is 43.6. The number of H-pyrrole nitrogens is 1. The van der Waals surface area contributed by atoms with Crippen LogP contribution in [0.1, 0.15) is 140 Å². The van der Waals surface area contributed by atoms with Gasteiger partial charge in [0.25, 0.3) is 0 Å². The molecule has 1 unspecified atom stereocenters. The molecule has 1 aliphatic rings. The second kappa shape index (κ2) is 37.1. The van der Waals surface area contributed by atoms with Gasteiger partial charge in [-0.1, -0.05) is 167 Å². The fourth-order valence-electron chi connectivity index (χ4n) is 9.03. The number of aromatic amines is 1. The van der Waals surface area contributed by atoms with Crippen LogP contribution in [0, 0.1) is 5.92 Å². The minimum atomic E-state index is -1.12. The maximum atomic E-state index is 12.3. The number of nitrogens with zero attached hydrogens (tertiary/aromatic N) is 1. The molecule has 2 aromatic heterocycles. The van der Waals surface area contributed by atoms with E-state index in [0.29, 0.717) is 44.7 Å². The number of aromatic carboxylic acids is 2. The van der Waals surface area contributed by atoms with Gasteiger partial charge in [-0.2, -0.15) is 5.10 Å². The SMILES string of the molecule is CCCCCCCC(CCC)C(=O)O.COc1cc(C=CC(=O)O)ccc1OCc1ccccc1.O=C(O)Cc1ccc(Cl)cc1.O=C(O)Cc1csc2ccc(Cl)cc12.O=C(O)c1ccc2c(c1)C(=O)c1ccccc1C2=O.O=C(O)c1n[nH]c2ccccc12. The molecule has 0 radical (unpaired) electrons. The van der Waals surface area contributed by atoms with Gasteiger partial charge < -0.3 is 40.1 Å². The smallest absolute Gasteiger partial charge is 0.357 e. The molecule has 0 spiro atoms. The van der Waals surface area contributed by atoms with E-state index < -0.39 is 35.8 Å². The molecule has 7 aromatic carbocycles. The van der Waals surface area contributed by atoms with Gasteiger partial charge in [-0.05, 0) is 119 Å². The minimum absolute atomic E-state index is 0.000666. The highest BCUT2D eigenvalue weighted by molar-refractivity contribution is 7.17. The number of fused-ring (bicyclic) bond motifs is 4. The van der Waals surface area contributed by atoms with Gasteiger partial charge in [0.1, 0.15) is 6.61 Å². The maximum Gasteiger partial charge on any atom is 0.357 e. The Morgan fingerprint density at radius 2 is 1.21 bits per heavy atom. The van der Waals surface area contributed by atoms with Crippen LogP contribution in [0.15, 0.2) is 169 Å². The standard InChI is InChI=1S/C17H16O4.C15H8O4.C12H24O2.C10H7ClO2S.C8H7ClO2.C8H6N2O2/c1-20-16-11-13(8-10-17(18)19)7-9-15(16)21-12-14-5-3-2-4-6-14;16-13-9-3-1-2-4-10(9)14(17)12-7-8(15(18)19)5-6-11(12)13;1-3-5-6-7-8-10-11(9-4-2)12(13)14;11-7-1-2-9-8(4-7)6(5-14-9)3-10(12)13;9-7-3-1-6(2-4-7)5-8(10)11;11-8(12)7-5-3-1-2-4-6(5)9-10-7/h2-11H,12H2,1H3,(H,18,19);1-7H,(H,18,19);11H,3-10H2,1-2H3,(H,13,14);1-2,4-5H,3H2,(H,12,13);1-4H,5H2,(H,10,11);1-4H,(H,9,10)(H,11,12). The van der Waals surface area contributed by atoms with Crippen LogP contribution in [-0.2, 0) is 38.6 Å². The molecule has 7 N–H and O–H groups in total. The predicted octanol–water partition coefficient (Wildman–Crippen LogP) is 15.8. The molecule has 21 heteroatoms. The van der Waals surface area contributed by atoms with Gasteiger partial charge in [0.05, 0.1) is 36.9 Å². The van der Waals surface area contributed by atoms with E-state index in [1.54, 1.807) is 103 Å². The summed E-state index contributed by atoms with van der Waals surface area (Å²) in [7, 11) is 1.55. The Labute approximate surface area is 539 Å². The molecule has 1 atom stereocenters. The number of carboxylic acid groups (broad SMARTS) is 6. The van der Waals surface area contributed by atoms with E-state index in [1.165, 1.54) is 50.0 Å². The van der Waals surface area contributed by atoms with Crippen LogP contribution < -0.4 is 9.47 Å². The van der Waals surface area contributed by atoms with Crippen molar-refractivity contribution in [2.24, 2.45) is 5.92 Å². The number of ketones is 2. The number of rotatable bonds is 21. The van der Waals surface area contributed by atoms with Crippen molar-refractivity contribution in [3.8, 4) is 11.5 Å². The fraction of sp³-hybridized carbons (Fsp3) is 0.214. The molecule has 91 heavy (non-hydrogen) atoms. The first-order valence-corrected chi connectivity index (χ1v) is 30.3. The van der Waals surface area contributed by atoms with E-state index in [2.05, 4.69) is 17.1 Å². The molecule has 1 aliphatic carbocycles. The topological polar surface area (TPSA) is 305 Å². The van der Waals surface area contributed by atoms with E-state index in [0.717, 1.165) is 69.6 Å². The average molecular weight is 1300 g/mol. The summed E-state index contributed by atoms with van der Waals surface area (Å²) in [4.78, 5) is 88.1. The predicted molar refractivity (Wildman–Crippen MR) is 351 cm³/mol. The van der Waals surface area contributed by atoms with E-state index in [9.17, 15) is 38.4 Å². The van der Waals surface area contributed by atoms with Crippen molar-refractivity contribution in [1.29, 1.82) is 0 Å². The second-order valence-corrected chi connectivity index (χ2v) is 22.0. The molecular weight excluding hydrogens is 1230 g/mol. The number of hydrogen-bond donors (Lipinski definition) is 7. The van der Waals surface area contributed by atoms with Crippen molar-refractivity contribution in [3.05, 3.63) is 235 Å². The quantitative estimate of drug-likeness (QED) is 0.0260. The Bertz CT molecular complexity index is 3970. The summed E-state index contributed by atoms with van der Waals surface area (Å²) < 4.78 is 12.1. The number of aliphatic carboxylic acids is 4. The zero-order valence-corrected chi connectivity index (χ0v) is 52.3. The number of methoxy groups -OCH3 is 1. The molecular formula is C70H68Cl2N2O16S. The summed E-state index contributed by atoms with van der Waals surface area (Å²) in [5.41, 5.74) is 5.32. The van der Waals surface area contributed by atoms with Crippen LogP contribution >= 0.6 is 34.5 Å². The Kier molecular flexibility index (Phi) is 29.3. The summed E-state index contributed by atoms with van der Waals surface area (Å²) in [5.74, 6) is -4.84. The number of ether oxygens (including phenoxy) is 2. The van der Waals surface area contributed by atoms with Crippen molar-refractivity contribution in [2.45, 2.75) is 84.7 Å². The maximum absolute atomic E-state index is 12.3. The molecule has 9 aromatic rings. The van der Waals surface area contributed by atoms with Crippen molar-refractivity contribution in [2.75, 3.05) is 7.11 Å². The van der Waals surface area contributed by atoms with Gasteiger partial charge >= 0.3 is 35.8 Å². The third kappa shape index (κ3) is 23.2. The van der Waals surface area contributed by atoms with Gasteiger partial charge in [-0.25, -0.2) is 14.4 Å². The number of benzene rings is 7. The fourth-order valence-corrected chi connectivity index (χ4v) is 10.3. The summed E-state index contributed by atoms with van der Waals surface area (Å²) in [6, 6.07) is 45.1. The number of halogens is 2. The van der Waals surface area contributed by atoms with Crippen LogP contribution in [-0.4, -0.2) is 95.3 Å². The molecule has 0 saturated heterocycles. The minimum Gasteiger partial charge on any atom is -0.493 e. The van der Waals surface area contributed by atoms with Crippen LogP contribution in [0.3, 0.4) is 0 Å². The number of carbonyl (C=O) groups is 8. The lowest BCUT2D eigenvalue weighted by Crippen LogP contribution is -2.21. The zero-order chi connectivity index (χ0) is 66.4. The van der Waals surface area contributed by atoms with Gasteiger partial charge in [-0.15, -0.1) is 11.3 Å². The first-order valence-electron chi connectivity index (χ1n) is 28.7. The molecule has 0 aliphatic heterocycles. The molecule has 0 saturated carbocycles. The Morgan fingerprint density at radius 3 is 1.82 bits per heavy atom. The highest BCUT2D eigenvalue weighted by Crippen LogP contribution is 2.31. The highest BCUT2D eigenvalue weighted by Gasteiger charge is 2.30. The molecule has 0 amide bonds. The van der Waals surface area contributed by atoms with Crippen molar-refractivity contribution < 1.29 is 78.5 Å². The molecule has 0 fully saturated rings. The molecule has 474 valence electrons. The van der Waals surface area contributed by atoms with E-state index in [4.69, 9.17) is 63.3 Å². The molecule has 2 heterocycles. The van der Waals surface area contributed by atoms with E-state index in [-0.39, 0.29) is 52.7 Å². The summed E-state index contributed by atoms with van der Waals surface area (Å²) in [5, 5.41) is 63.3. The summed E-state index contributed by atoms with van der Waals surface area (Å²) in [6.45, 7) is 4.69.